The van der Waals surface area contributed by atoms with Gasteiger partial charge in [0.2, 0.25) is 10.9 Å². The van der Waals surface area contributed by atoms with E-state index in [2.05, 4.69) is 10.2 Å². The Kier molecular flexibility index (Phi) is 7.26. The predicted molar refractivity (Wildman–Crippen MR) is 144 cm³/mol. The number of thioether (sulfide) groups is 1. The average molecular weight is 552 g/mol. The highest BCUT2D eigenvalue weighted by molar-refractivity contribution is 8.00. The number of hydrogen-bond acceptors (Lipinski definition) is 10. The third kappa shape index (κ3) is 4.85. The lowest BCUT2D eigenvalue weighted by Crippen LogP contribution is -2.31. The normalized spacial score (nSPS) is 15.4. The number of Topliss-reactive ketones (excluding diaryl/α,β-unsaturated/α-hetero) is 1. The third-order valence-electron chi connectivity index (χ3n) is 5.73. The molecule has 1 aliphatic heterocycles. The Bertz CT molecular complexity index is 1470. The molecule has 0 spiro atoms. The summed E-state index contributed by atoms with van der Waals surface area (Å²) in [5.41, 5.74) is 1.67. The molecule has 0 unspecified atom stereocenters. The van der Waals surface area contributed by atoms with Crippen LogP contribution in [0.2, 0.25) is 0 Å². The molecule has 37 heavy (non-hydrogen) atoms. The summed E-state index contributed by atoms with van der Waals surface area (Å²) in [5.74, 6) is -0.127. The molecule has 1 amide bonds. The number of aromatic nitrogens is 2. The number of rotatable bonds is 9. The van der Waals surface area contributed by atoms with Gasteiger partial charge in [0, 0.05) is 5.75 Å². The van der Waals surface area contributed by atoms with Gasteiger partial charge >= 0.3 is 0 Å². The molecule has 8 nitrogen and oxygen atoms in total. The first-order chi connectivity index (χ1) is 18.0. The van der Waals surface area contributed by atoms with Gasteiger partial charge in [-0.15, -0.1) is 21.5 Å². The van der Waals surface area contributed by atoms with Crippen molar-refractivity contribution in [3.63, 3.8) is 0 Å². The molecule has 2 aromatic carbocycles. The first-order valence-electron chi connectivity index (χ1n) is 11.1. The number of carbonyl (C=O) groups is 2. The Morgan fingerprint density at radius 3 is 2.54 bits per heavy atom. The van der Waals surface area contributed by atoms with Crippen LogP contribution in [0.5, 0.6) is 11.5 Å². The summed E-state index contributed by atoms with van der Waals surface area (Å²) < 4.78 is 11.5. The number of aliphatic hydroxyl groups is 1. The van der Waals surface area contributed by atoms with Gasteiger partial charge in [0.15, 0.2) is 21.6 Å². The second-order valence-electron chi connectivity index (χ2n) is 7.89. The second-order valence-corrected chi connectivity index (χ2v) is 11.0. The summed E-state index contributed by atoms with van der Waals surface area (Å²) in [7, 11) is 3.03. The Balaban J connectivity index is 1.54. The molecular weight excluding hydrogens is 531 g/mol. The molecule has 1 aliphatic rings. The Morgan fingerprint density at radius 2 is 1.84 bits per heavy atom. The van der Waals surface area contributed by atoms with Crippen LogP contribution in [-0.2, 0) is 10.5 Å². The largest absolute Gasteiger partial charge is 0.503 e. The molecule has 4 aromatic rings. The lowest BCUT2D eigenvalue weighted by atomic mass is 9.95. The van der Waals surface area contributed by atoms with Crippen molar-refractivity contribution in [2.75, 3.05) is 19.1 Å². The van der Waals surface area contributed by atoms with E-state index in [0.29, 0.717) is 32.0 Å². The van der Waals surface area contributed by atoms with Gasteiger partial charge in [0.05, 0.1) is 30.7 Å². The molecule has 0 saturated heterocycles. The monoisotopic (exact) mass is 551 g/mol. The number of thiophene rings is 1. The lowest BCUT2D eigenvalue weighted by Gasteiger charge is -2.24. The number of ether oxygens (including phenoxy) is 2. The standard InChI is InChI=1S/C26H21N3O5S3/c1-33-17-11-10-16(13-18(17)34-2)21-20(22(30)19-9-6-12-35-19)23(31)24(32)29(21)25-27-28-26(37-25)36-14-15-7-4-3-5-8-15/h3-13,21,31H,14H2,1-2H3/t21-/m1/s1. The van der Waals surface area contributed by atoms with Crippen molar-refractivity contribution in [3.8, 4) is 11.5 Å². The minimum absolute atomic E-state index is 0.0200. The first kappa shape index (κ1) is 25.0. The van der Waals surface area contributed by atoms with E-state index in [1.54, 1.807) is 35.7 Å². The number of anilines is 1. The maximum atomic E-state index is 13.5. The van der Waals surface area contributed by atoms with E-state index in [0.717, 1.165) is 5.56 Å². The van der Waals surface area contributed by atoms with Crippen LogP contribution in [0.3, 0.4) is 0 Å². The number of carbonyl (C=O) groups excluding carboxylic acids is 2. The van der Waals surface area contributed by atoms with Crippen molar-refractivity contribution in [1.82, 2.24) is 10.2 Å². The minimum atomic E-state index is -0.929. The molecule has 0 radical (unpaired) electrons. The number of methoxy groups -OCH3 is 2. The number of benzene rings is 2. The summed E-state index contributed by atoms with van der Waals surface area (Å²) in [6.07, 6.45) is 0. The molecule has 0 saturated carbocycles. The van der Waals surface area contributed by atoms with Gasteiger partial charge in [-0.3, -0.25) is 14.5 Å². The second kappa shape index (κ2) is 10.8. The fourth-order valence-electron chi connectivity index (χ4n) is 3.99. The highest BCUT2D eigenvalue weighted by atomic mass is 32.2. The number of amides is 1. The van der Waals surface area contributed by atoms with Crippen LogP contribution in [0.4, 0.5) is 5.13 Å². The fraction of sp³-hybridized carbons (Fsp3) is 0.154. The van der Waals surface area contributed by atoms with Gasteiger partial charge < -0.3 is 14.6 Å². The minimum Gasteiger partial charge on any atom is -0.503 e. The van der Waals surface area contributed by atoms with Crippen LogP contribution in [-0.4, -0.2) is 41.2 Å². The van der Waals surface area contributed by atoms with Gasteiger partial charge in [-0.25, -0.2) is 0 Å². The fourth-order valence-corrected chi connectivity index (χ4v) is 6.49. The maximum Gasteiger partial charge on any atom is 0.296 e. The first-order valence-corrected chi connectivity index (χ1v) is 13.8. The van der Waals surface area contributed by atoms with Gasteiger partial charge in [-0.1, -0.05) is 65.6 Å². The SMILES string of the molecule is COc1ccc([C@@H]2C(C(=O)c3cccs3)=C(O)C(=O)N2c2nnc(SCc3ccccc3)s2)cc1OC. The van der Waals surface area contributed by atoms with E-state index in [1.807, 2.05) is 30.3 Å². The van der Waals surface area contributed by atoms with Crippen LogP contribution >= 0.6 is 34.4 Å². The van der Waals surface area contributed by atoms with E-state index < -0.39 is 23.5 Å². The summed E-state index contributed by atoms with van der Waals surface area (Å²) in [4.78, 5) is 28.6. The van der Waals surface area contributed by atoms with Crippen molar-refractivity contribution < 1.29 is 24.2 Å². The van der Waals surface area contributed by atoms with Gasteiger partial charge in [0.1, 0.15) is 0 Å². The Hall–Kier alpha value is -3.67. The quantitative estimate of drug-likeness (QED) is 0.161. The number of hydrogen-bond donors (Lipinski definition) is 1. The molecule has 2 aromatic heterocycles. The van der Waals surface area contributed by atoms with Crippen molar-refractivity contribution in [1.29, 1.82) is 0 Å². The predicted octanol–water partition coefficient (Wildman–Crippen LogP) is 5.69. The molecule has 1 atom stereocenters. The Labute approximate surface area is 225 Å². The number of aliphatic hydroxyl groups excluding tert-OH is 1. The van der Waals surface area contributed by atoms with E-state index in [-0.39, 0.29) is 10.7 Å². The highest BCUT2D eigenvalue weighted by Gasteiger charge is 2.46. The topological polar surface area (TPSA) is 102 Å². The molecule has 3 heterocycles. The molecule has 0 bridgehead atoms. The lowest BCUT2D eigenvalue weighted by molar-refractivity contribution is -0.117. The number of ketones is 1. The average Bonchev–Trinajstić information content (AvgIpc) is 3.68. The van der Waals surface area contributed by atoms with Crippen molar-refractivity contribution >= 4 is 51.3 Å². The Morgan fingerprint density at radius 1 is 1.05 bits per heavy atom. The zero-order valence-corrected chi connectivity index (χ0v) is 22.2. The van der Waals surface area contributed by atoms with Gasteiger partial charge in [-0.2, -0.15) is 0 Å². The summed E-state index contributed by atoms with van der Waals surface area (Å²) in [6.45, 7) is 0. The van der Waals surface area contributed by atoms with Gasteiger partial charge in [-0.05, 0) is 34.7 Å². The van der Waals surface area contributed by atoms with Crippen LogP contribution in [0.15, 0.2) is 81.7 Å². The number of nitrogens with zero attached hydrogens (tertiary/aromatic N) is 3. The third-order valence-corrected chi connectivity index (χ3v) is 8.72. The maximum absolute atomic E-state index is 13.5. The highest BCUT2D eigenvalue weighted by Crippen LogP contribution is 2.45. The van der Waals surface area contributed by atoms with Crippen molar-refractivity contribution in [3.05, 3.63) is 93.4 Å². The summed E-state index contributed by atoms with van der Waals surface area (Å²) >= 11 is 3.96. The summed E-state index contributed by atoms with van der Waals surface area (Å²) in [5, 5.41) is 21.5. The molecule has 11 heteroatoms. The zero-order chi connectivity index (χ0) is 25.9. The van der Waals surface area contributed by atoms with Gasteiger partial charge in [0.25, 0.3) is 5.91 Å². The smallest absolute Gasteiger partial charge is 0.296 e. The molecule has 0 fully saturated rings. The molecule has 5 rings (SSSR count). The van der Waals surface area contributed by atoms with Crippen LogP contribution < -0.4 is 14.4 Å². The van der Waals surface area contributed by atoms with E-state index in [1.165, 1.54) is 53.6 Å². The molecular formula is C26H21N3O5S3. The van der Waals surface area contributed by atoms with Crippen molar-refractivity contribution in [2.45, 2.75) is 16.1 Å². The van der Waals surface area contributed by atoms with Crippen molar-refractivity contribution in [2.24, 2.45) is 0 Å². The zero-order valence-electron chi connectivity index (χ0n) is 19.8. The van der Waals surface area contributed by atoms with E-state index in [9.17, 15) is 14.7 Å². The molecule has 1 N–H and O–H groups in total. The molecule has 188 valence electrons. The molecule has 0 aliphatic carbocycles. The van der Waals surface area contributed by atoms with Crippen LogP contribution in [0, 0.1) is 0 Å². The van der Waals surface area contributed by atoms with E-state index in [4.69, 9.17) is 9.47 Å². The van der Waals surface area contributed by atoms with Crippen LogP contribution in [0.1, 0.15) is 26.8 Å². The van der Waals surface area contributed by atoms with E-state index >= 15 is 0 Å². The van der Waals surface area contributed by atoms with Crippen LogP contribution in [0.25, 0.3) is 0 Å². The summed E-state index contributed by atoms with van der Waals surface area (Å²) in [6, 6.07) is 17.5.